The molecule has 2 atom stereocenters. The molecule has 0 aliphatic heterocycles. The van der Waals surface area contributed by atoms with Gasteiger partial charge in [0, 0.05) is 11.3 Å². The Bertz CT molecular complexity index is 478. The lowest BCUT2D eigenvalue weighted by atomic mass is 10.2. The molecule has 4 heteroatoms. The predicted molar refractivity (Wildman–Crippen MR) is 70.4 cm³/mol. The van der Waals surface area contributed by atoms with Gasteiger partial charge in [0.25, 0.3) is 5.22 Å². The SMILES string of the molecule is CNC1CCCC1Sc1nc2ccccc2o1. The molecule has 0 amide bonds. The Kier molecular flexibility index (Phi) is 3.07. The highest BCUT2D eigenvalue weighted by molar-refractivity contribution is 7.99. The Labute approximate surface area is 105 Å². The molecule has 1 aliphatic carbocycles. The number of hydrogen-bond donors (Lipinski definition) is 1. The van der Waals surface area contributed by atoms with Gasteiger partial charge in [0.2, 0.25) is 0 Å². The standard InChI is InChI=1S/C13H16N2OS/c1-14-10-6-4-8-12(10)17-13-15-9-5-2-3-7-11(9)16-13/h2-3,5,7,10,12,14H,4,6,8H2,1H3. The van der Waals surface area contributed by atoms with Gasteiger partial charge in [-0.25, -0.2) is 4.98 Å². The fourth-order valence-corrected chi connectivity index (χ4v) is 3.70. The number of thioether (sulfide) groups is 1. The van der Waals surface area contributed by atoms with Crippen LogP contribution in [-0.4, -0.2) is 23.3 Å². The molecule has 1 N–H and O–H groups in total. The zero-order valence-corrected chi connectivity index (χ0v) is 10.7. The van der Waals surface area contributed by atoms with Crippen LogP contribution in [0, 0.1) is 0 Å². The largest absolute Gasteiger partial charge is 0.431 e. The maximum atomic E-state index is 5.75. The lowest BCUT2D eigenvalue weighted by molar-refractivity contribution is 0.485. The number of nitrogens with one attached hydrogen (secondary N) is 1. The minimum absolute atomic E-state index is 0.591. The average molecular weight is 248 g/mol. The van der Waals surface area contributed by atoms with Crippen LogP contribution in [0.15, 0.2) is 33.9 Å². The molecular formula is C13H16N2OS. The van der Waals surface area contributed by atoms with Gasteiger partial charge in [-0.3, -0.25) is 0 Å². The average Bonchev–Trinajstić information content (AvgIpc) is 2.94. The molecule has 0 spiro atoms. The summed E-state index contributed by atoms with van der Waals surface area (Å²) in [5, 5.41) is 4.77. The number of aromatic nitrogens is 1. The van der Waals surface area contributed by atoms with E-state index in [0.29, 0.717) is 11.3 Å². The molecule has 90 valence electrons. The van der Waals surface area contributed by atoms with Crippen molar-refractivity contribution in [3.63, 3.8) is 0 Å². The number of rotatable bonds is 3. The molecule has 1 aliphatic rings. The first-order valence-electron chi connectivity index (χ1n) is 6.06. The van der Waals surface area contributed by atoms with Gasteiger partial charge in [-0.2, -0.15) is 0 Å². The predicted octanol–water partition coefficient (Wildman–Crippen LogP) is 3.06. The zero-order valence-electron chi connectivity index (χ0n) is 9.85. The maximum Gasteiger partial charge on any atom is 0.257 e. The second-order valence-corrected chi connectivity index (χ2v) is 5.62. The summed E-state index contributed by atoms with van der Waals surface area (Å²) in [6.45, 7) is 0. The van der Waals surface area contributed by atoms with Crippen LogP contribution in [0.3, 0.4) is 0 Å². The normalized spacial score (nSPS) is 24.5. The topological polar surface area (TPSA) is 38.1 Å². The summed E-state index contributed by atoms with van der Waals surface area (Å²) in [6, 6.07) is 8.53. The quantitative estimate of drug-likeness (QED) is 0.906. The molecule has 0 saturated heterocycles. The minimum atomic E-state index is 0.591. The monoisotopic (exact) mass is 248 g/mol. The van der Waals surface area contributed by atoms with Gasteiger partial charge in [-0.1, -0.05) is 30.3 Å². The second-order valence-electron chi connectivity index (χ2n) is 4.43. The smallest absolute Gasteiger partial charge is 0.257 e. The van der Waals surface area contributed by atoms with Gasteiger partial charge in [-0.15, -0.1) is 0 Å². The van der Waals surface area contributed by atoms with E-state index in [1.54, 1.807) is 11.8 Å². The summed E-state index contributed by atoms with van der Waals surface area (Å²) in [4.78, 5) is 4.51. The van der Waals surface area contributed by atoms with Crippen molar-refractivity contribution in [3.8, 4) is 0 Å². The van der Waals surface area contributed by atoms with E-state index in [-0.39, 0.29) is 0 Å². The van der Waals surface area contributed by atoms with Crippen LogP contribution >= 0.6 is 11.8 Å². The summed E-state index contributed by atoms with van der Waals surface area (Å²) in [5.41, 5.74) is 1.84. The third-order valence-corrected chi connectivity index (χ3v) is 4.59. The van der Waals surface area contributed by atoms with E-state index >= 15 is 0 Å². The summed E-state index contributed by atoms with van der Waals surface area (Å²) in [6.07, 6.45) is 3.80. The highest BCUT2D eigenvalue weighted by Crippen LogP contribution is 2.35. The van der Waals surface area contributed by atoms with Gasteiger partial charge >= 0.3 is 0 Å². The van der Waals surface area contributed by atoms with Crippen LogP contribution in [0.2, 0.25) is 0 Å². The molecule has 3 nitrogen and oxygen atoms in total. The molecule has 2 aromatic rings. The van der Waals surface area contributed by atoms with E-state index in [2.05, 4.69) is 10.3 Å². The van der Waals surface area contributed by atoms with Crippen molar-refractivity contribution < 1.29 is 4.42 Å². The Hall–Kier alpha value is -1.00. The van der Waals surface area contributed by atoms with Crippen molar-refractivity contribution in [3.05, 3.63) is 24.3 Å². The summed E-state index contributed by atoms with van der Waals surface area (Å²) in [5.74, 6) is 0. The molecule has 1 heterocycles. The maximum absolute atomic E-state index is 5.75. The van der Waals surface area contributed by atoms with Crippen LogP contribution < -0.4 is 5.32 Å². The molecule has 2 unspecified atom stereocenters. The van der Waals surface area contributed by atoms with Gasteiger partial charge in [0.05, 0.1) is 0 Å². The fraction of sp³-hybridized carbons (Fsp3) is 0.462. The number of benzene rings is 1. The van der Waals surface area contributed by atoms with Crippen molar-refractivity contribution in [2.75, 3.05) is 7.05 Å². The fourth-order valence-electron chi connectivity index (χ4n) is 2.43. The van der Waals surface area contributed by atoms with Gasteiger partial charge in [0.15, 0.2) is 5.58 Å². The van der Waals surface area contributed by atoms with E-state index < -0.39 is 0 Å². The van der Waals surface area contributed by atoms with E-state index in [9.17, 15) is 0 Å². The lowest BCUT2D eigenvalue weighted by Gasteiger charge is -2.15. The first kappa shape index (κ1) is 11.1. The molecule has 1 aromatic heterocycles. The van der Waals surface area contributed by atoms with Crippen LogP contribution in [0.4, 0.5) is 0 Å². The summed E-state index contributed by atoms with van der Waals surface area (Å²) in [7, 11) is 2.04. The molecule has 17 heavy (non-hydrogen) atoms. The second kappa shape index (κ2) is 4.70. The Balaban J connectivity index is 1.80. The van der Waals surface area contributed by atoms with Crippen LogP contribution in [-0.2, 0) is 0 Å². The van der Waals surface area contributed by atoms with E-state index in [1.807, 2.05) is 31.3 Å². The van der Waals surface area contributed by atoms with Crippen LogP contribution in [0.25, 0.3) is 11.1 Å². The van der Waals surface area contributed by atoms with Crippen molar-refractivity contribution >= 4 is 22.9 Å². The molecular weight excluding hydrogens is 232 g/mol. The first-order valence-corrected chi connectivity index (χ1v) is 6.94. The number of oxazole rings is 1. The highest BCUT2D eigenvalue weighted by Gasteiger charge is 2.28. The Morgan fingerprint density at radius 1 is 1.35 bits per heavy atom. The van der Waals surface area contributed by atoms with Gasteiger partial charge < -0.3 is 9.73 Å². The Morgan fingerprint density at radius 3 is 3.06 bits per heavy atom. The Morgan fingerprint density at radius 2 is 2.24 bits per heavy atom. The van der Waals surface area contributed by atoms with Crippen molar-refractivity contribution in [2.24, 2.45) is 0 Å². The summed E-state index contributed by atoms with van der Waals surface area (Å²) >= 11 is 1.77. The molecule has 1 saturated carbocycles. The van der Waals surface area contributed by atoms with Gasteiger partial charge in [0.1, 0.15) is 5.52 Å². The van der Waals surface area contributed by atoms with E-state index in [1.165, 1.54) is 19.3 Å². The number of nitrogens with zero attached hydrogens (tertiary/aromatic N) is 1. The number of hydrogen-bond acceptors (Lipinski definition) is 4. The zero-order chi connectivity index (χ0) is 11.7. The highest BCUT2D eigenvalue weighted by atomic mass is 32.2. The van der Waals surface area contributed by atoms with E-state index in [4.69, 9.17) is 4.42 Å². The molecule has 1 aromatic carbocycles. The molecule has 3 rings (SSSR count). The summed E-state index contributed by atoms with van der Waals surface area (Å²) < 4.78 is 5.75. The first-order chi connectivity index (χ1) is 8.36. The number of para-hydroxylation sites is 2. The third kappa shape index (κ3) is 2.19. The van der Waals surface area contributed by atoms with Crippen molar-refractivity contribution in [1.29, 1.82) is 0 Å². The van der Waals surface area contributed by atoms with Crippen LogP contribution in [0.5, 0.6) is 0 Å². The van der Waals surface area contributed by atoms with Crippen LogP contribution in [0.1, 0.15) is 19.3 Å². The third-order valence-electron chi connectivity index (χ3n) is 3.35. The molecule has 0 radical (unpaired) electrons. The molecule has 1 fully saturated rings. The molecule has 0 bridgehead atoms. The lowest BCUT2D eigenvalue weighted by Crippen LogP contribution is -2.30. The van der Waals surface area contributed by atoms with Crippen molar-refractivity contribution in [2.45, 2.75) is 35.8 Å². The minimum Gasteiger partial charge on any atom is -0.431 e. The number of fused-ring (bicyclic) bond motifs is 1. The van der Waals surface area contributed by atoms with Gasteiger partial charge in [-0.05, 0) is 32.0 Å². The van der Waals surface area contributed by atoms with Crippen molar-refractivity contribution in [1.82, 2.24) is 10.3 Å². The van der Waals surface area contributed by atoms with E-state index in [0.717, 1.165) is 16.3 Å².